The fourth-order valence-corrected chi connectivity index (χ4v) is 4.66. The summed E-state index contributed by atoms with van der Waals surface area (Å²) in [7, 11) is 2.18. The number of aromatic amines is 1. The van der Waals surface area contributed by atoms with Crippen LogP contribution in [0.1, 0.15) is 38.4 Å². The van der Waals surface area contributed by atoms with E-state index in [2.05, 4.69) is 83.5 Å². The molecule has 0 atom stereocenters. The number of nitrogens with zero attached hydrogens (tertiary/aromatic N) is 4. The second kappa shape index (κ2) is 8.77. The Morgan fingerprint density at radius 1 is 1.19 bits per heavy atom. The highest BCUT2D eigenvalue weighted by atomic mass is 32.1. The number of fused-ring (bicyclic) bond motifs is 1. The third-order valence-corrected chi connectivity index (χ3v) is 6.63. The van der Waals surface area contributed by atoms with Gasteiger partial charge < -0.3 is 10.2 Å². The molecule has 31 heavy (non-hydrogen) atoms. The van der Waals surface area contributed by atoms with E-state index in [1.165, 1.54) is 12.0 Å². The van der Waals surface area contributed by atoms with Crippen molar-refractivity contribution in [2.24, 2.45) is 5.41 Å². The van der Waals surface area contributed by atoms with Crippen LogP contribution >= 0.6 is 11.3 Å². The minimum absolute atomic E-state index is 0.317. The van der Waals surface area contributed by atoms with Gasteiger partial charge in [0.2, 0.25) is 0 Å². The molecule has 2 N–H and O–H groups in total. The maximum absolute atomic E-state index is 4.74. The molecule has 0 unspecified atom stereocenters. The highest BCUT2D eigenvalue weighted by molar-refractivity contribution is 7.22. The highest BCUT2D eigenvalue weighted by Crippen LogP contribution is 2.32. The molecule has 0 fully saturated rings. The molecule has 3 heterocycles. The van der Waals surface area contributed by atoms with Gasteiger partial charge in [-0.3, -0.25) is 5.10 Å². The Morgan fingerprint density at radius 2 is 2.03 bits per heavy atom. The van der Waals surface area contributed by atoms with Crippen molar-refractivity contribution in [3.63, 3.8) is 0 Å². The van der Waals surface area contributed by atoms with E-state index in [1.54, 1.807) is 11.3 Å². The van der Waals surface area contributed by atoms with Crippen molar-refractivity contribution >= 4 is 32.5 Å². The van der Waals surface area contributed by atoms with Crippen LogP contribution in [-0.2, 0) is 6.54 Å². The molecule has 0 spiro atoms. The number of anilines is 2. The predicted octanol–water partition coefficient (Wildman–Crippen LogP) is 6.00. The summed E-state index contributed by atoms with van der Waals surface area (Å²) in [5.41, 5.74) is 5.87. The van der Waals surface area contributed by atoms with Crippen LogP contribution in [0.15, 0.2) is 42.7 Å². The zero-order valence-corrected chi connectivity index (χ0v) is 19.7. The van der Waals surface area contributed by atoms with Crippen molar-refractivity contribution in [3.05, 3.63) is 54.0 Å². The molecule has 0 aliphatic heterocycles. The van der Waals surface area contributed by atoms with E-state index in [0.29, 0.717) is 5.41 Å². The molecular weight excluding hydrogens is 404 g/mol. The predicted molar refractivity (Wildman–Crippen MR) is 130 cm³/mol. The molecule has 162 valence electrons. The Bertz CT molecular complexity index is 1180. The first kappa shape index (κ1) is 21.5. The van der Waals surface area contributed by atoms with Crippen LogP contribution in [0.2, 0.25) is 0 Å². The second-order valence-corrected chi connectivity index (χ2v) is 10.0. The molecule has 0 bridgehead atoms. The Morgan fingerprint density at radius 3 is 2.77 bits per heavy atom. The van der Waals surface area contributed by atoms with E-state index < -0.39 is 0 Å². The van der Waals surface area contributed by atoms with Gasteiger partial charge in [-0.05, 0) is 61.2 Å². The number of aryl methyl sites for hydroxylation is 1. The Labute approximate surface area is 187 Å². The molecule has 1 aromatic carbocycles. The van der Waals surface area contributed by atoms with Gasteiger partial charge in [0.05, 0.1) is 16.4 Å². The summed E-state index contributed by atoms with van der Waals surface area (Å²) >= 11 is 1.64. The van der Waals surface area contributed by atoms with Gasteiger partial charge >= 0.3 is 0 Å². The normalized spacial score (nSPS) is 12.1. The lowest BCUT2D eigenvalue weighted by molar-refractivity contribution is 0.198. The summed E-state index contributed by atoms with van der Waals surface area (Å²) in [6.45, 7) is 10.9. The van der Waals surface area contributed by atoms with Gasteiger partial charge in [-0.25, -0.2) is 9.97 Å². The van der Waals surface area contributed by atoms with Crippen LogP contribution in [0.4, 0.5) is 10.9 Å². The number of aromatic nitrogens is 4. The van der Waals surface area contributed by atoms with E-state index >= 15 is 0 Å². The Hall–Kier alpha value is -2.77. The smallest absolute Gasteiger partial charge is 0.189 e. The standard InChI is InChI=1S/C24H30N6S/c1-6-24(3,4)15-30(5)14-17-9-10-25-22(11-17)28-23-27-20-8-7-18(12-21(20)31-23)19-13-26-29-16(19)2/h7-13H,6,14-15H2,1-5H3,(H,26,29)(H,25,27,28). The molecule has 0 aliphatic rings. The topological polar surface area (TPSA) is 69.7 Å². The quantitative estimate of drug-likeness (QED) is 0.356. The van der Waals surface area contributed by atoms with Crippen molar-refractivity contribution in [2.75, 3.05) is 18.9 Å². The van der Waals surface area contributed by atoms with Crippen LogP contribution in [-0.4, -0.2) is 38.7 Å². The van der Waals surface area contributed by atoms with Gasteiger partial charge in [-0.1, -0.05) is 38.2 Å². The van der Waals surface area contributed by atoms with Crippen LogP contribution in [0.3, 0.4) is 0 Å². The zero-order chi connectivity index (χ0) is 22.0. The monoisotopic (exact) mass is 434 g/mol. The van der Waals surface area contributed by atoms with Gasteiger partial charge in [0, 0.05) is 30.5 Å². The first-order valence-corrected chi connectivity index (χ1v) is 11.5. The van der Waals surface area contributed by atoms with E-state index in [-0.39, 0.29) is 0 Å². The highest BCUT2D eigenvalue weighted by Gasteiger charge is 2.17. The van der Waals surface area contributed by atoms with Crippen molar-refractivity contribution < 1.29 is 0 Å². The maximum Gasteiger partial charge on any atom is 0.189 e. The molecule has 3 aromatic heterocycles. The van der Waals surface area contributed by atoms with Crippen molar-refractivity contribution in [3.8, 4) is 11.1 Å². The van der Waals surface area contributed by atoms with Gasteiger partial charge in [0.25, 0.3) is 0 Å². The van der Waals surface area contributed by atoms with Crippen LogP contribution < -0.4 is 5.32 Å². The lowest BCUT2D eigenvalue weighted by Crippen LogP contribution is -2.30. The maximum atomic E-state index is 4.74. The van der Waals surface area contributed by atoms with E-state index in [0.717, 1.165) is 51.1 Å². The fourth-order valence-electron chi connectivity index (χ4n) is 3.75. The molecule has 7 heteroatoms. The summed E-state index contributed by atoms with van der Waals surface area (Å²) in [4.78, 5) is 11.6. The number of thiazole rings is 1. The first-order chi connectivity index (χ1) is 14.8. The summed E-state index contributed by atoms with van der Waals surface area (Å²) in [5.74, 6) is 0.825. The summed E-state index contributed by atoms with van der Waals surface area (Å²) in [5, 5.41) is 11.4. The Kier molecular flexibility index (Phi) is 6.07. The molecule has 0 saturated heterocycles. The molecule has 0 radical (unpaired) electrons. The third-order valence-electron chi connectivity index (χ3n) is 5.70. The summed E-state index contributed by atoms with van der Waals surface area (Å²) in [6.07, 6.45) is 4.90. The molecule has 0 aliphatic carbocycles. The minimum atomic E-state index is 0.317. The van der Waals surface area contributed by atoms with Crippen LogP contribution in [0.5, 0.6) is 0 Å². The number of H-pyrrole nitrogens is 1. The lowest BCUT2D eigenvalue weighted by atomic mass is 9.90. The first-order valence-electron chi connectivity index (χ1n) is 10.6. The lowest BCUT2D eigenvalue weighted by Gasteiger charge is -2.29. The third kappa shape index (κ3) is 5.11. The SMILES string of the molecule is CCC(C)(C)CN(C)Cc1ccnc(Nc2nc3ccc(-c4cn[nH]c4C)cc3s2)c1. The molecule has 4 rings (SSSR count). The second-order valence-electron chi connectivity index (χ2n) is 8.97. The molecular formula is C24H30N6S. The van der Waals surface area contributed by atoms with E-state index in [9.17, 15) is 0 Å². The Balaban J connectivity index is 1.49. The number of hydrogen-bond donors (Lipinski definition) is 2. The van der Waals surface area contributed by atoms with Crippen molar-refractivity contribution in [1.29, 1.82) is 0 Å². The van der Waals surface area contributed by atoms with Gasteiger partial charge in [0.1, 0.15) is 5.82 Å². The molecule has 0 amide bonds. The van der Waals surface area contributed by atoms with Crippen LogP contribution in [0.25, 0.3) is 21.3 Å². The van der Waals surface area contributed by atoms with Crippen molar-refractivity contribution in [2.45, 2.75) is 40.7 Å². The fraction of sp³-hybridized carbons (Fsp3) is 0.375. The van der Waals surface area contributed by atoms with E-state index in [1.807, 2.05) is 19.3 Å². The van der Waals surface area contributed by atoms with Crippen molar-refractivity contribution in [1.82, 2.24) is 25.1 Å². The molecule has 6 nitrogen and oxygen atoms in total. The zero-order valence-electron chi connectivity index (χ0n) is 18.9. The largest absolute Gasteiger partial charge is 0.316 e. The summed E-state index contributed by atoms with van der Waals surface area (Å²) < 4.78 is 1.14. The molecule has 0 saturated carbocycles. The van der Waals surface area contributed by atoms with E-state index in [4.69, 9.17) is 4.98 Å². The van der Waals surface area contributed by atoms with Crippen LogP contribution in [0, 0.1) is 12.3 Å². The number of hydrogen-bond acceptors (Lipinski definition) is 6. The number of rotatable bonds is 8. The average Bonchev–Trinajstić information content (AvgIpc) is 3.32. The average molecular weight is 435 g/mol. The van der Waals surface area contributed by atoms with Gasteiger partial charge in [0.15, 0.2) is 5.13 Å². The van der Waals surface area contributed by atoms with Gasteiger partial charge in [-0.2, -0.15) is 5.10 Å². The number of nitrogens with one attached hydrogen (secondary N) is 2. The number of pyridine rings is 1. The minimum Gasteiger partial charge on any atom is -0.316 e. The van der Waals surface area contributed by atoms with Gasteiger partial charge in [-0.15, -0.1) is 0 Å². The number of benzene rings is 1. The molecule has 4 aromatic rings. The summed E-state index contributed by atoms with van der Waals surface area (Å²) in [6, 6.07) is 10.5.